The van der Waals surface area contributed by atoms with Gasteiger partial charge in [0.25, 0.3) is 0 Å². The average molecular weight is 264 g/mol. The summed E-state index contributed by atoms with van der Waals surface area (Å²) in [5.41, 5.74) is 3.07. The molecule has 1 aliphatic heterocycles. The molecule has 0 aliphatic carbocycles. The van der Waals surface area contributed by atoms with E-state index in [1.54, 1.807) is 0 Å². The Morgan fingerprint density at radius 2 is 2.22 bits per heavy atom. The highest BCUT2D eigenvalue weighted by atomic mass is 32.2. The molecule has 0 radical (unpaired) electrons. The van der Waals surface area contributed by atoms with Crippen molar-refractivity contribution < 1.29 is 4.79 Å². The van der Waals surface area contributed by atoms with Gasteiger partial charge in [0.05, 0.1) is 0 Å². The summed E-state index contributed by atoms with van der Waals surface area (Å²) in [6.45, 7) is 5.81. The van der Waals surface area contributed by atoms with E-state index in [0.29, 0.717) is 6.04 Å². The molecule has 0 saturated carbocycles. The van der Waals surface area contributed by atoms with Crippen molar-refractivity contribution in [2.24, 2.45) is 0 Å². The lowest BCUT2D eigenvalue weighted by Gasteiger charge is -2.15. The second kappa shape index (κ2) is 5.65. The van der Waals surface area contributed by atoms with Crippen molar-refractivity contribution in [2.45, 2.75) is 38.5 Å². The number of aryl methyl sites for hydroxylation is 1. The van der Waals surface area contributed by atoms with Crippen molar-refractivity contribution in [2.75, 3.05) is 16.4 Å². The van der Waals surface area contributed by atoms with Gasteiger partial charge in [-0.2, -0.15) is 11.8 Å². The van der Waals surface area contributed by atoms with Gasteiger partial charge in [0.1, 0.15) is 0 Å². The first-order valence-electron chi connectivity index (χ1n) is 6.31. The Kier molecular flexibility index (Phi) is 4.17. The maximum Gasteiger partial charge on any atom is 0.221 e. The lowest BCUT2D eigenvalue weighted by molar-refractivity contribution is -0.114. The first-order valence-corrected chi connectivity index (χ1v) is 7.36. The van der Waals surface area contributed by atoms with Crippen LogP contribution in [0.25, 0.3) is 0 Å². The standard InChI is InChI=1S/C14H20N2OS/c1-9-4-5-12(7-14(9)15-11(3)17)16-13-6-10(2)18-8-13/h4-5,7,10,13,16H,6,8H2,1-3H3,(H,15,17). The number of benzene rings is 1. The van der Waals surface area contributed by atoms with Crippen LogP contribution in [0.5, 0.6) is 0 Å². The van der Waals surface area contributed by atoms with Crippen LogP contribution >= 0.6 is 11.8 Å². The highest BCUT2D eigenvalue weighted by molar-refractivity contribution is 8.00. The molecule has 1 aromatic carbocycles. The van der Waals surface area contributed by atoms with Crippen molar-refractivity contribution in [3.8, 4) is 0 Å². The third kappa shape index (κ3) is 3.42. The van der Waals surface area contributed by atoms with Gasteiger partial charge in [-0.05, 0) is 31.0 Å². The predicted molar refractivity (Wildman–Crippen MR) is 79.4 cm³/mol. The molecule has 1 fully saturated rings. The van der Waals surface area contributed by atoms with Gasteiger partial charge in [-0.15, -0.1) is 0 Å². The lowest BCUT2D eigenvalue weighted by Crippen LogP contribution is -2.19. The monoisotopic (exact) mass is 264 g/mol. The number of thioether (sulfide) groups is 1. The van der Waals surface area contributed by atoms with Crippen LogP contribution in [0.2, 0.25) is 0 Å². The second-order valence-corrected chi connectivity index (χ2v) is 6.40. The summed E-state index contributed by atoms with van der Waals surface area (Å²) in [7, 11) is 0. The van der Waals surface area contributed by atoms with Crippen LogP contribution in [-0.4, -0.2) is 23.0 Å². The third-order valence-electron chi connectivity index (χ3n) is 3.12. The fourth-order valence-corrected chi connectivity index (χ4v) is 3.34. The minimum atomic E-state index is -0.0275. The van der Waals surface area contributed by atoms with E-state index in [0.717, 1.165) is 27.9 Å². The molecule has 98 valence electrons. The molecule has 0 spiro atoms. The van der Waals surface area contributed by atoms with Gasteiger partial charge in [-0.1, -0.05) is 13.0 Å². The van der Waals surface area contributed by atoms with Crippen molar-refractivity contribution >= 4 is 29.0 Å². The Bertz CT molecular complexity index is 447. The van der Waals surface area contributed by atoms with Crippen LogP contribution in [0.3, 0.4) is 0 Å². The zero-order valence-corrected chi connectivity index (χ0v) is 11.9. The number of carbonyl (C=O) groups is 1. The zero-order valence-electron chi connectivity index (χ0n) is 11.1. The molecular formula is C14H20N2OS. The molecule has 0 bridgehead atoms. The second-order valence-electron chi connectivity index (χ2n) is 4.93. The van der Waals surface area contributed by atoms with Gasteiger partial charge >= 0.3 is 0 Å². The number of hydrogen-bond acceptors (Lipinski definition) is 3. The summed E-state index contributed by atoms with van der Waals surface area (Å²) < 4.78 is 0. The summed E-state index contributed by atoms with van der Waals surface area (Å²) in [4.78, 5) is 11.1. The molecule has 2 N–H and O–H groups in total. The van der Waals surface area contributed by atoms with Crippen LogP contribution in [-0.2, 0) is 4.79 Å². The highest BCUT2D eigenvalue weighted by Crippen LogP contribution is 2.29. The largest absolute Gasteiger partial charge is 0.381 e. The SMILES string of the molecule is CC(=O)Nc1cc(NC2CSC(C)C2)ccc1C. The Hall–Kier alpha value is -1.16. The molecular weight excluding hydrogens is 244 g/mol. The van der Waals surface area contributed by atoms with E-state index in [2.05, 4.69) is 23.6 Å². The fourth-order valence-electron chi connectivity index (χ4n) is 2.19. The van der Waals surface area contributed by atoms with Crippen LogP contribution in [0, 0.1) is 6.92 Å². The molecule has 1 saturated heterocycles. The first kappa shape index (κ1) is 13.3. The molecule has 3 nitrogen and oxygen atoms in total. The molecule has 2 rings (SSSR count). The van der Waals surface area contributed by atoms with Gasteiger partial charge in [-0.3, -0.25) is 4.79 Å². The molecule has 1 amide bonds. The number of nitrogens with one attached hydrogen (secondary N) is 2. The van der Waals surface area contributed by atoms with Crippen molar-refractivity contribution in [3.63, 3.8) is 0 Å². The van der Waals surface area contributed by atoms with E-state index in [1.165, 1.54) is 13.3 Å². The minimum absolute atomic E-state index is 0.0275. The molecule has 4 heteroatoms. The van der Waals surface area contributed by atoms with Gasteiger partial charge < -0.3 is 10.6 Å². The van der Waals surface area contributed by atoms with E-state index in [4.69, 9.17) is 0 Å². The number of carbonyl (C=O) groups excluding carboxylic acids is 1. The van der Waals surface area contributed by atoms with E-state index >= 15 is 0 Å². The smallest absolute Gasteiger partial charge is 0.221 e. The Labute approximate surface area is 113 Å². The molecule has 1 aromatic rings. The Morgan fingerprint density at radius 1 is 1.44 bits per heavy atom. The fraction of sp³-hybridized carbons (Fsp3) is 0.500. The van der Waals surface area contributed by atoms with Crippen molar-refractivity contribution in [1.82, 2.24) is 0 Å². The minimum Gasteiger partial charge on any atom is -0.381 e. The van der Waals surface area contributed by atoms with Crippen LogP contribution < -0.4 is 10.6 Å². The van der Waals surface area contributed by atoms with Crippen molar-refractivity contribution in [1.29, 1.82) is 0 Å². The third-order valence-corrected chi connectivity index (χ3v) is 4.47. The maximum absolute atomic E-state index is 11.1. The number of amides is 1. The van der Waals surface area contributed by atoms with E-state index in [9.17, 15) is 4.79 Å². The quantitative estimate of drug-likeness (QED) is 0.880. The summed E-state index contributed by atoms with van der Waals surface area (Å²) in [5.74, 6) is 1.13. The Balaban J connectivity index is 2.07. The zero-order chi connectivity index (χ0) is 13.1. The highest BCUT2D eigenvalue weighted by Gasteiger charge is 2.21. The number of rotatable bonds is 3. The molecule has 2 atom stereocenters. The van der Waals surface area contributed by atoms with E-state index in [-0.39, 0.29) is 5.91 Å². The molecule has 0 aromatic heterocycles. The summed E-state index contributed by atoms with van der Waals surface area (Å²) in [6.07, 6.45) is 1.20. The molecule has 18 heavy (non-hydrogen) atoms. The molecule has 2 unspecified atom stereocenters. The number of hydrogen-bond donors (Lipinski definition) is 2. The van der Waals surface area contributed by atoms with Gasteiger partial charge in [0.2, 0.25) is 5.91 Å². The summed E-state index contributed by atoms with van der Waals surface area (Å²) >= 11 is 2.01. The van der Waals surface area contributed by atoms with Crippen LogP contribution in [0.1, 0.15) is 25.8 Å². The normalized spacial score (nSPS) is 22.8. The predicted octanol–water partition coefficient (Wildman–Crippen LogP) is 3.26. The summed E-state index contributed by atoms with van der Waals surface area (Å²) in [6, 6.07) is 6.68. The molecule has 1 aliphatic rings. The maximum atomic E-state index is 11.1. The van der Waals surface area contributed by atoms with Crippen LogP contribution in [0.4, 0.5) is 11.4 Å². The van der Waals surface area contributed by atoms with Gasteiger partial charge in [-0.25, -0.2) is 0 Å². The van der Waals surface area contributed by atoms with E-state index in [1.807, 2.05) is 30.8 Å². The van der Waals surface area contributed by atoms with Crippen molar-refractivity contribution in [3.05, 3.63) is 23.8 Å². The first-order chi connectivity index (χ1) is 8.54. The summed E-state index contributed by atoms with van der Waals surface area (Å²) in [5, 5.41) is 7.14. The van der Waals surface area contributed by atoms with Gasteiger partial charge in [0.15, 0.2) is 0 Å². The topological polar surface area (TPSA) is 41.1 Å². The lowest BCUT2D eigenvalue weighted by atomic mass is 10.1. The molecule has 1 heterocycles. The van der Waals surface area contributed by atoms with Crippen LogP contribution in [0.15, 0.2) is 18.2 Å². The number of anilines is 2. The average Bonchev–Trinajstić information content (AvgIpc) is 2.68. The van der Waals surface area contributed by atoms with E-state index < -0.39 is 0 Å². The Morgan fingerprint density at radius 3 is 2.83 bits per heavy atom. The van der Waals surface area contributed by atoms with Gasteiger partial charge in [0, 0.05) is 35.3 Å².